The van der Waals surface area contributed by atoms with Gasteiger partial charge < -0.3 is 30.1 Å². The minimum Gasteiger partial charge on any atom is -0.466 e. The van der Waals surface area contributed by atoms with Gasteiger partial charge in [0.05, 0.1) is 25.7 Å². The number of rotatable bonds is 11. The molecule has 0 spiro atoms. The van der Waals surface area contributed by atoms with E-state index in [-0.39, 0.29) is 19.6 Å². The summed E-state index contributed by atoms with van der Waals surface area (Å²) >= 11 is 0. The number of hydrogen-bond acceptors (Lipinski definition) is 8. The summed E-state index contributed by atoms with van der Waals surface area (Å²) in [6, 6.07) is 5.18. The third-order valence-corrected chi connectivity index (χ3v) is 4.58. The highest BCUT2D eigenvalue weighted by molar-refractivity contribution is 5.92. The molecule has 2 unspecified atom stereocenters. The van der Waals surface area contributed by atoms with Crippen molar-refractivity contribution in [3.8, 4) is 18.4 Å². The Labute approximate surface area is 210 Å². The predicted octanol–water partition coefficient (Wildman–Crippen LogP) is 1.02. The summed E-state index contributed by atoms with van der Waals surface area (Å²) in [5.74, 6) is 0.350. The van der Waals surface area contributed by atoms with Gasteiger partial charge in [-0.15, -0.1) is 6.42 Å². The second-order valence-electron chi connectivity index (χ2n) is 8.52. The highest BCUT2D eigenvalue weighted by atomic mass is 16.6. The third kappa shape index (κ3) is 9.65. The van der Waals surface area contributed by atoms with Crippen LogP contribution in [0, 0.1) is 23.7 Å². The quantitative estimate of drug-likeness (QED) is 0.231. The van der Waals surface area contributed by atoms with E-state index < -0.39 is 54.7 Å². The Hall–Kier alpha value is -4.09. The molecule has 1 aromatic carbocycles. The van der Waals surface area contributed by atoms with Crippen LogP contribution < -0.4 is 10.6 Å². The molecule has 2 atom stereocenters. The van der Waals surface area contributed by atoms with Gasteiger partial charge in [-0.25, -0.2) is 4.79 Å². The van der Waals surface area contributed by atoms with Crippen molar-refractivity contribution in [3.05, 3.63) is 35.4 Å². The lowest BCUT2D eigenvalue weighted by Gasteiger charge is -2.32. The summed E-state index contributed by atoms with van der Waals surface area (Å²) in [5, 5.41) is 24.0. The molecule has 0 aliphatic rings. The fourth-order valence-electron chi connectivity index (χ4n) is 3.06. The Morgan fingerprint density at radius 3 is 2.33 bits per heavy atom. The minimum absolute atomic E-state index is 0.0786. The molecule has 0 saturated carbocycles. The lowest BCUT2D eigenvalue weighted by atomic mass is 10.0. The average Bonchev–Trinajstić information content (AvgIpc) is 2.81. The summed E-state index contributed by atoms with van der Waals surface area (Å²) in [4.78, 5) is 51.3. The number of aliphatic hydroxyl groups excluding tert-OH is 1. The van der Waals surface area contributed by atoms with Crippen LogP contribution in [0.4, 0.5) is 4.79 Å². The molecule has 3 N–H and O–H groups in total. The van der Waals surface area contributed by atoms with E-state index in [1.165, 1.54) is 12.1 Å². The monoisotopic (exact) mass is 500 g/mol. The van der Waals surface area contributed by atoms with Gasteiger partial charge in [-0.3, -0.25) is 14.4 Å². The molecule has 1 rings (SSSR count). The number of nitriles is 1. The molecule has 0 fully saturated rings. The number of benzene rings is 1. The molecule has 0 aliphatic heterocycles. The number of carbonyl (C=O) groups excluding carboxylic acids is 4. The first-order chi connectivity index (χ1) is 17.0. The number of alkyl carbamates (subject to hydrolysis) is 1. The van der Waals surface area contributed by atoms with Crippen LogP contribution in [0.1, 0.15) is 51.3 Å². The van der Waals surface area contributed by atoms with Crippen molar-refractivity contribution >= 4 is 23.9 Å². The lowest BCUT2D eigenvalue weighted by molar-refractivity contribution is -0.144. The minimum atomic E-state index is -1.49. The number of aliphatic hydroxyl groups is 1. The van der Waals surface area contributed by atoms with Gasteiger partial charge in [0.1, 0.15) is 24.2 Å². The molecule has 1 aromatic rings. The zero-order valence-electron chi connectivity index (χ0n) is 20.9. The van der Waals surface area contributed by atoms with Crippen molar-refractivity contribution in [1.29, 1.82) is 5.26 Å². The summed E-state index contributed by atoms with van der Waals surface area (Å²) in [6.45, 7) is 5.29. The largest absolute Gasteiger partial charge is 0.466 e. The van der Waals surface area contributed by atoms with E-state index in [0.717, 1.165) is 4.90 Å². The van der Waals surface area contributed by atoms with Gasteiger partial charge in [0.2, 0.25) is 11.8 Å². The Balaban J connectivity index is 3.28. The van der Waals surface area contributed by atoms with Crippen LogP contribution in [0.25, 0.3) is 0 Å². The Kier molecular flexibility index (Phi) is 11.9. The number of terminal acetylenes is 1. The van der Waals surface area contributed by atoms with Crippen LogP contribution in [-0.4, -0.2) is 71.8 Å². The summed E-state index contributed by atoms with van der Waals surface area (Å²) in [7, 11) is 0. The standard InChI is InChI=1S/C25H32N4O7/c1-6-17-8-10-18(11-9-17)21(22(32)27-14-12-20(31)35-7-2)29(15-13-26)23(33)19(16-30)28-24(34)36-25(3,4)5/h1,8-11,19,21,30H,7,12,14-16H2,2-5H3,(H,27,32)(H,28,34). The number of esters is 1. The number of hydrogen-bond donors (Lipinski definition) is 3. The number of carbonyl (C=O) groups is 4. The molecule has 36 heavy (non-hydrogen) atoms. The van der Waals surface area contributed by atoms with E-state index in [1.54, 1.807) is 39.8 Å². The molecule has 3 amide bonds. The van der Waals surface area contributed by atoms with Crippen LogP contribution >= 0.6 is 0 Å². The van der Waals surface area contributed by atoms with Crippen LogP contribution in [0.15, 0.2) is 24.3 Å². The molecular formula is C25H32N4O7. The van der Waals surface area contributed by atoms with Gasteiger partial charge >= 0.3 is 12.1 Å². The van der Waals surface area contributed by atoms with Crippen LogP contribution in [0.3, 0.4) is 0 Å². The van der Waals surface area contributed by atoms with Gasteiger partial charge in [0.15, 0.2) is 0 Å². The fraction of sp³-hybridized carbons (Fsp3) is 0.480. The maximum Gasteiger partial charge on any atom is 0.408 e. The molecule has 0 aromatic heterocycles. The maximum absolute atomic E-state index is 13.3. The number of nitrogens with one attached hydrogen (secondary N) is 2. The van der Waals surface area contributed by atoms with Crippen LogP contribution in [0.2, 0.25) is 0 Å². The summed E-state index contributed by atoms with van der Waals surface area (Å²) in [5.41, 5.74) is -0.0158. The van der Waals surface area contributed by atoms with Crippen LogP contribution in [0.5, 0.6) is 0 Å². The second-order valence-corrected chi connectivity index (χ2v) is 8.52. The van der Waals surface area contributed by atoms with E-state index in [2.05, 4.69) is 16.6 Å². The number of ether oxygens (including phenoxy) is 2. The highest BCUT2D eigenvalue weighted by Gasteiger charge is 2.36. The predicted molar refractivity (Wildman–Crippen MR) is 129 cm³/mol. The van der Waals surface area contributed by atoms with Crippen molar-refractivity contribution in [2.45, 2.75) is 51.8 Å². The third-order valence-electron chi connectivity index (χ3n) is 4.58. The molecule has 0 bridgehead atoms. The summed E-state index contributed by atoms with van der Waals surface area (Å²) in [6.07, 6.45) is 4.34. The van der Waals surface area contributed by atoms with Crippen molar-refractivity contribution in [1.82, 2.24) is 15.5 Å². The van der Waals surface area contributed by atoms with Gasteiger partial charge in [0, 0.05) is 12.1 Å². The average molecular weight is 501 g/mol. The topological polar surface area (TPSA) is 158 Å². The smallest absolute Gasteiger partial charge is 0.408 e. The van der Waals surface area contributed by atoms with Gasteiger partial charge in [0.25, 0.3) is 0 Å². The lowest BCUT2D eigenvalue weighted by Crippen LogP contribution is -2.54. The van der Waals surface area contributed by atoms with Gasteiger partial charge in [-0.1, -0.05) is 18.1 Å². The molecule has 194 valence electrons. The number of amides is 3. The molecule has 11 heteroatoms. The molecule has 11 nitrogen and oxygen atoms in total. The van der Waals surface area contributed by atoms with Crippen LogP contribution in [-0.2, 0) is 23.9 Å². The Morgan fingerprint density at radius 1 is 1.19 bits per heavy atom. The SMILES string of the molecule is C#Cc1ccc(C(C(=O)NCCC(=O)OCC)N(CC#N)C(=O)C(CO)NC(=O)OC(C)(C)C)cc1. The Morgan fingerprint density at radius 2 is 1.83 bits per heavy atom. The van der Waals surface area contributed by atoms with E-state index in [1.807, 2.05) is 6.07 Å². The van der Waals surface area contributed by atoms with Gasteiger partial charge in [-0.2, -0.15) is 5.26 Å². The molecule has 0 heterocycles. The zero-order valence-corrected chi connectivity index (χ0v) is 20.9. The zero-order chi connectivity index (χ0) is 27.3. The first kappa shape index (κ1) is 29.9. The first-order valence-electron chi connectivity index (χ1n) is 11.2. The fourth-order valence-corrected chi connectivity index (χ4v) is 3.06. The normalized spacial score (nSPS) is 12.2. The molecule has 0 aliphatic carbocycles. The Bertz CT molecular complexity index is 1000. The molecule has 0 saturated heterocycles. The summed E-state index contributed by atoms with van der Waals surface area (Å²) < 4.78 is 9.97. The maximum atomic E-state index is 13.3. The molecule has 0 radical (unpaired) electrons. The van der Waals surface area contributed by atoms with E-state index in [9.17, 15) is 29.5 Å². The van der Waals surface area contributed by atoms with Crippen molar-refractivity contribution in [3.63, 3.8) is 0 Å². The van der Waals surface area contributed by atoms with Crippen molar-refractivity contribution in [2.75, 3.05) is 26.3 Å². The van der Waals surface area contributed by atoms with Crippen molar-refractivity contribution in [2.24, 2.45) is 0 Å². The van der Waals surface area contributed by atoms with Gasteiger partial charge in [-0.05, 0) is 45.4 Å². The van der Waals surface area contributed by atoms with E-state index >= 15 is 0 Å². The second kappa shape index (κ2) is 14.3. The number of nitrogens with zero attached hydrogens (tertiary/aromatic N) is 2. The molecular weight excluding hydrogens is 468 g/mol. The van der Waals surface area contributed by atoms with Crippen molar-refractivity contribution < 1.29 is 33.8 Å². The van der Waals surface area contributed by atoms with E-state index in [0.29, 0.717) is 11.1 Å². The first-order valence-corrected chi connectivity index (χ1v) is 11.2. The highest BCUT2D eigenvalue weighted by Crippen LogP contribution is 2.23. The van der Waals surface area contributed by atoms with E-state index in [4.69, 9.17) is 15.9 Å².